The van der Waals surface area contributed by atoms with Gasteiger partial charge in [0.25, 0.3) is 0 Å². The number of rotatable bonds is 4. The van der Waals surface area contributed by atoms with E-state index in [2.05, 4.69) is 42.7 Å². The highest BCUT2D eigenvalue weighted by Gasteiger charge is 2.17. The fourth-order valence-electron chi connectivity index (χ4n) is 2.74. The smallest absolute Gasteiger partial charge is 0.0343 e. The van der Waals surface area contributed by atoms with E-state index < -0.39 is 0 Å². The number of hydrogen-bond acceptors (Lipinski definition) is 3. The van der Waals surface area contributed by atoms with Crippen LogP contribution in [-0.4, -0.2) is 42.5 Å². The molecule has 1 saturated heterocycles. The lowest BCUT2D eigenvalue weighted by atomic mass is 10.1. The topological polar surface area (TPSA) is 32.5 Å². The second-order valence-electron chi connectivity index (χ2n) is 6.16. The Morgan fingerprint density at radius 2 is 1.74 bits per heavy atom. The second-order valence-corrected chi connectivity index (χ2v) is 6.16. The van der Waals surface area contributed by atoms with E-state index in [1.807, 2.05) is 6.07 Å². The van der Waals surface area contributed by atoms with Crippen molar-refractivity contribution in [3.63, 3.8) is 0 Å². The van der Waals surface area contributed by atoms with E-state index >= 15 is 0 Å². The van der Waals surface area contributed by atoms with Gasteiger partial charge in [-0.15, -0.1) is 0 Å². The van der Waals surface area contributed by atoms with Crippen LogP contribution in [0.5, 0.6) is 0 Å². The second kappa shape index (κ2) is 6.40. The summed E-state index contributed by atoms with van der Waals surface area (Å²) in [5.41, 5.74) is 9.33. The summed E-state index contributed by atoms with van der Waals surface area (Å²) >= 11 is 0. The van der Waals surface area contributed by atoms with Gasteiger partial charge in [-0.05, 0) is 30.0 Å². The molecule has 1 aromatic carbocycles. The van der Waals surface area contributed by atoms with Crippen molar-refractivity contribution in [2.24, 2.45) is 5.92 Å². The third-order valence-electron chi connectivity index (χ3n) is 3.83. The maximum atomic E-state index is 5.87. The molecule has 19 heavy (non-hydrogen) atoms. The van der Waals surface area contributed by atoms with Crippen molar-refractivity contribution in [3.8, 4) is 0 Å². The summed E-state index contributed by atoms with van der Waals surface area (Å²) in [6.45, 7) is 13.7. The molecule has 3 heteroatoms. The number of aryl methyl sites for hydroxylation is 1. The van der Waals surface area contributed by atoms with Gasteiger partial charge in [-0.3, -0.25) is 4.90 Å². The van der Waals surface area contributed by atoms with E-state index in [9.17, 15) is 0 Å². The standard InChI is InChI=1S/C16H27N3/c1-13(2)11-18-6-8-19(9-7-18)12-15-4-5-16(17)14(3)10-15/h4-5,10,13H,6-9,11-12,17H2,1-3H3. The van der Waals surface area contributed by atoms with Gasteiger partial charge in [-0.25, -0.2) is 0 Å². The largest absolute Gasteiger partial charge is 0.399 e. The zero-order chi connectivity index (χ0) is 13.8. The lowest BCUT2D eigenvalue weighted by Gasteiger charge is -2.35. The fraction of sp³-hybridized carbons (Fsp3) is 0.625. The summed E-state index contributed by atoms with van der Waals surface area (Å²) in [7, 11) is 0. The SMILES string of the molecule is Cc1cc(CN2CCN(CC(C)C)CC2)ccc1N. The third-order valence-corrected chi connectivity index (χ3v) is 3.83. The number of anilines is 1. The van der Waals surface area contributed by atoms with Crippen LogP contribution < -0.4 is 5.73 Å². The molecule has 0 bridgehead atoms. The molecule has 3 nitrogen and oxygen atoms in total. The highest BCUT2D eigenvalue weighted by molar-refractivity contribution is 5.47. The minimum atomic E-state index is 0.770. The van der Waals surface area contributed by atoms with Gasteiger partial charge in [0.1, 0.15) is 0 Å². The number of piperazine rings is 1. The summed E-state index contributed by atoms with van der Waals surface area (Å²) in [5, 5.41) is 0. The molecule has 1 aliphatic heterocycles. The van der Waals surface area contributed by atoms with Crippen molar-refractivity contribution in [2.75, 3.05) is 38.5 Å². The maximum Gasteiger partial charge on any atom is 0.0343 e. The molecule has 0 aromatic heterocycles. The Balaban J connectivity index is 1.83. The molecule has 0 saturated carbocycles. The molecule has 0 spiro atoms. The lowest BCUT2D eigenvalue weighted by molar-refractivity contribution is 0.117. The molecular weight excluding hydrogens is 234 g/mol. The summed E-state index contributed by atoms with van der Waals surface area (Å²) < 4.78 is 0. The van der Waals surface area contributed by atoms with E-state index in [1.54, 1.807) is 0 Å². The first-order chi connectivity index (χ1) is 9.04. The van der Waals surface area contributed by atoms with Crippen molar-refractivity contribution in [1.29, 1.82) is 0 Å². The van der Waals surface area contributed by atoms with E-state index in [0.717, 1.165) is 18.2 Å². The van der Waals surface area contributed by atoms with Crippen LogP contribution in [0.15, 0.2) is 18.2 Å². The van der Waals surface area contributed by atoms with Gasteiger partial charge in [0.15, 0.2) is 0 Å². The molecule has 1 fully saturated rings. The molecule has 0 unspecified atom stereocenters. The molecule has 0 atom stereocenters. The van der Waals surface area contributed by atoms with Crippen molar-refractivity contribution >= 4 is 5.69 Å². The van der Waals surface area contributed by atoms with Crippen LogP contribution in [0, 0.1) is 12.8 Å². The minimum Gasteiger partial charge on any atom is -0.399 e. The Bertz CT molecular complexity index is 406. The third kappa shape index (κ3) is 4.22. The van der Waals surface area contributed by atoms with Crippen LogP contribution in [-0.2, 0) is 6.54 Å². The Kier molecular flexibility index (Phi) is 4.83. The Labute approximate surface area is 117 Å². The van der Waals surface area contributed by atoms with E-state index in [4.69, 9.17) is 5.73 Å². The summed E-state index contributed by atoms with van der Waals surface area (Å²) in [5.74, 6) is 0.770. The van der Waals surface area contributed by atoms with Crippen LogP contribution in [0.4, 0.5) is 5.69 Å². The van der Waals surface area contributed by atoms with Gasteiger partial charge in [-0.2, -0.15) is 0 Å². The first-order valence-corrected chi connectivity index (χ1v) is 7.34. The summed E-state index contributed by atoms with van der Waals surface area (Å²) in [4.78, 5) is 5.12. The molecule has 1 aliphatic rings. The average Bonchev–Trinajstić information content (AvgIpc) is 2.36. The van der Waals surface area contributed by atoms with E-state index in [-0.39, 0.29) is 0 Å². The Hall–Kier alpha value is -1.06. The van der Waals surface area contributed by atoms with Crippen molar-refractivity contribution in [2.45, 2.75) is 27.3 Å². The van der Waals surface area contributed by atoms with Crippen molar-refractivity contribution in [1.82, 2.24) is 9.80 Å². The van der Waals surface area contributed by atoms with Crippen molar-refractivity contribution in [3.05, 3.63) is 29.3 Å². The van der Waals surface area contributed by atoms with Crippen LogP contribution in [0.3, 0.4) is 0 Å². The molecular formula is C16H27N3. The Morgan fingerprint density at radius 3 is 2.32 bits per heavy atom. The molecule has 0 amide bonds. The molecule has 1 aromatic rings. The first-order valence-electron chi connectivity index (χ1n) is 7.34. The summed E-state index contributed by atoms with van der Waals surface area (Å²) in [6, 6.07) is 6.40. The predicted molar refractivity (Wildman–Crippen MR) is 82.1 cm³/mol. The lowest BCUT2D eigenvalue weighted by Crippen LogP contribution is -2.46. The minimum absolute atomic E-state index is 0.770. The zero-order valence-corrected chi connectivity index (χ0v) is 12.5. The van der Waals surface area contributed by atoms with Crippen LogP contribution in [0.25, 0.3) is 0 Å². The average molecular weight is 261 g/mol. The highest BCUT2D eigenvalue weighted by Crippen LogP contribution is 2.15. The molecule has 0 radical (unpaired) electrons. The number of nitrogens with zero attached hydrogens (tertiary/aromatic N) is 2. The number of benzene rings is 1. The van der Waals surface area contributed by atoms with Gasteiger partial charge in [0, 0.05) is 45.0 Å². The summed E-state index contributed by atoms with van der Waals surface area (Å²) in [6.07, 6.45) is 0. The normalized spacial score (nSPS) is 18.1. The van der Waals surface area contributed by atoms with Crippen molar-refractivity contribution < 1.29 is 0 Å². The van der Waals surface area contributed by atoms with E-state index in [1.165, 1.54) is 43.9 Å². The molecule has 106 valence electrons. The Morgan fingerprint density at radius 1 is 1.11 bits per heavy atom. The first kappa shape index (κ1) is 14.4. The van der Waals surface area contributed by atoms with Gasteiger partial charge >= 0.3 is 0 Å². The fourth-order valence-corrected chi connectivity index (χ4v) is 2.74. The number of hydrogen-bond donors (Lipinski definition) is 1. The van der Waals surface area contributed by atoms with Crippen LogP contribution >= 0.6 is 0 Å². The van der Waals surface area contributed by atoms with Gasteiger partial charge in [0.2, 0.25) is 0 Å². The zero-order valence-electron chi connectivity index (χ0n) is 12.5. The van der Waals surface area contributed by atoms with Gasteiger partial charge < -0.3 is 10.6 Å². The maximum absolute atomic E-state index is 5.87. The molecule has 2 rings (SSSR count). The highest BCUT2D eigenvalue weighted by atomic mass is 15.3. The van der Waals surface area contributed by atoms with Gasteiger partial charge in [-0.1, -0.05) is 26.0 Å². The number of nitrogen functional groups attached to an aromatic ring is 1. The quantitative estimate of drug-likeness (QED) is 0.845. The molecule has 1 heterocycles. The number of nitrogens with two attached hydrogens (primary N) is 1. The molecule has 0 aliphatic carbocycles. The van der Waals surface area contributed by atoms with E-state index in [0.29, 0.717) is 0 Å². The molecule has 2 N–H and O–H groups in total. The predicted octanol–water partition coefficient (Wildman–Crippen LogP) is 2.35. The van der Waals surface area contributed by atoms with Crippen LogP contribution in [0.2, 0.25) is 0 Å². The van der Waals surface area contributed by atoms with Gasteiger partial charge in [0.05, 0.1) is 0 Å². The van der Waals surface area contributed by atoms with Crippen LogP contribution in [0.1, 0.15) is 25.0 Å². The monoisotopic (exact) mass is 261 g/mol.